The van der Waals surface area contributed by atoms with Crippen LogP contribution in [0.4, 0.5) is 5.95 Å². The number of imidazole rings is 1. The summed E-state index contributed by atoms with van der Waals surface area (Å²) in [5.74, 6) is 0.687. The van der Waals surface area contributed by atoms with Crippen molar-refractivity contribution in [3.63, 3.8) is 0 Å². The lowest BCUT2D eigenvalue weighted by Gasteiger charge is -2.32. The Morgan fingerprint density at radius 3 is 2.69 bits per heavy atom. The number of carbonyl (C=O) groups is 1. The number of anilines is 1. The van der Waals surface area contributed by atoms with E-state index < -0.39 is 0 Å². The number of para-hydroxylation sites is 2. The molecule has 1 aliphatic rings. The first-order valence-corrected chi connectivity index (χ1v) is 8.77. The third kappa shape index (κ3) is 2.56. The van der Waals surface area contributed by atoms with Gasteiger partial charge in [0.15, 0.2) is 0 Å². The molecule has 1 N–H and O–H groups in total. The van der Waals surface area contributed by atoms with E-state index in [0.29, 0.717) is 10.6 Å². The van der Waals surface area contributed by atoms with Crippen LogP contribution in [0.25, 0.3) is 11.0 Å². The van der Waals surface area contributed by atoms with Crippen molar-refractivity contribution in [2.24, 2.45) is 0 Å². The average Bonchev–Trinajstić information content (AvgIpc) is 2.97. The van der Waals surface area contributed by atoms with Crippen molar-refractivity contribution in [1.82, 2.24) is 14.5 Å². The topological polar surface area (TPSA) is 50.2 Å². The first-order valence-electron chi connectivity index (χ1n) is 8.39. The van der Waals surface area contributed by atoms with Gasteiger partial charge in [-0.15, -0.1) is 0 Å². The zero-order chi connectivity index (χ0) is 18.4. The van der Waals surface area contributed by atoms with E-state index in [9.17, 15) is 4.79 Å². The second kappa shape index (κ2) is 6.18. The van der Waals surface area contributed by atoms with Crippen LogP contribution in [0.2, 0.25) is 5.02 Å². The molecule has 0 spiro atoms. The average molecular weight is 367 g/mol. The van der Waals surface area contributed by atoms with Crippen molar-refractivity contribution >= 4 is 34.5 Å². The van der Waals surface area contributed by atoms with Crippen molar-refractivity contribution in [2.45, 2.75) is 13.0 Å². The van der Waals surface area contributed by atoms with Gasteiger partial charge in [0.25, 0.3) is 5.91 Å². The molecule has 1 atom stereocenters. The summed E-state index contributed by atoms with van der Waals surface area (Å²) in [6, 6.07) is 15.3. The van der Waals surface area contributed by atoms with Gasteiger partial charge in [0.1, 0.15) is 0 Å². The molecular weight excluding hydrogens is 348 g/mol. The molecule has 1 aromatic heterocycles. The Morgan fingerprint density at radius 1 is 1.19 bits per heavy atom. The molecule has 0 saturated heterocycles. The van der Waals surface area contributed by atoms with Crippen LogP contribution in [0.5, 0.6) is 0 Å². The highest BCUT2D eigenvalue weighted by Gasteiger charge is 2.34. The summed E-state index contributed by atoms with van der Waals surface area (Å²) >= 11 is 6.26. The van der Waals surface area contributed by atoms with Crippen LogP contribution in [-0.4, -0.2) is 34.5 Å². The third-order valence-corrected chi connectivity index (χ3v) is 4.87. The Labute approximate surface area is 156 Å². The highest BCUT2D eigenvalue weighted by Crippen LogP contribution is 2.40. The van der Waals surface area contributed by atoms with Gasteiger partial charge >= 0.3 is 0 Å². The number of hydrogen-bond acceptors (Lipinski definition) is 3. The van der Waals surface area contributed by atoms with Crippen molar-refractivity contribution in [1.29, 1.82) is 0 Å². The van der Waals surface area contributed by atoms with Crippen LogP contribution in [0.1, 0.15) is 18.5 Å². The minimum Gasteiger partial charge on any atom is -0.345 e. The Bertz CT molecular complexity index is 1050. The molecule has 132 valence electrons. The fourth-order valence-electron chi connectivity index (χ4n) is 3.47. The molecule has 2 heterocycles. The molecule has 4 rings (SSSR count). The molecule has 6 heteroatoms. The van der Waals surface area contributed by atoms with Gasteiger partial charge in [0, 0.05) is 24.8 Å². The van der Waals surface area contributed by atoms with E-state index in [1.165, 1.54) is 0 Å². The predicted molar refractivity (Wildman–Crippen MR) is 104 cm³/mol. The van der Waals surface area contributed by atoms with Gasteiger partial charge in [-0.25, -0.2) is 4.98 Å². The summed E-state index contributed by atoms with van der Waals surface area (Å²) < 4.78 is 2.07. The van der Waals surface area contributed by atoms with Gasteiger partial charge in [-0.05, 0) is 36.8 Å². The second-order valence-corrected chi connectivity index (χ2v) is 7.05. The van der Waals surface area contributed by atoms with Gasteiger partial charge in [-0.2, -0.15) is 0 Å². The lowest BCUT2D eigenvalue weighted by atomic mass is 9.94. The number of hydrogen-bond donors (Lipinski definition) is 1. The minimum atomic E-state index is -0.299. The van der Waals surface area contributed by atoms with Gasteiger partial charge in [-0.1, -0.05) is 35.9 Å². The highest BCUT2D eigenvalue weighted by atomic mass is 35.5. The zero-order valence-electron chi connectivity index (χ0n) is 14.8. The second-order valence-electron chi connectivity index (χ2n) is 6.61. The molecule has 3 aromatic rings. The van der Waals surface area contributed by atoms with Crippen LogP contribution in [0.15, 0.2) is 59.8 Å². The number of rotatable bonds is 2. The summed E-state index contributed by atoms with van der Waals surface area (Å²) in [6.07, 6.45) is 0. The van der Waals surface area contributed by atoms with Gasteiger partial charge in [0.05, 0.1) is 22.6 Å². The number of nitrogens with one attached hydrogen (secondary N) is 1. The van der Waals surface area contributed by atoms with E-state index in [0.717, 1.165) is 28.2 Å². The van der Waals surface area contributed by atoms with Crippen molar-refractivity contribution < 1.29 is 4.79 Å². The van der Waals surface area contributed by atoms with Gasteiger partial charge < -0.3 is 10.2 Å². The van der Waals surface area contributed by atoms with E-state index in [1.807, 2.05) is 55.5 Å². The summed E-state index contributed by atoms with van der Waals surface area (Å²) in [5, 5.41) is 3.94. The molecule has 1 unspecified atom stereocenters. The monoisotopic (exact) mass is 366 g/mol. The van der Waals surface area contributed by atoms with E-state index in [-0.39, 0.29) is 11.9 Å². The quantitative estimate of drug-likeness (QED) is 0.743. The maximum atomic E-state index is 13.0. The number of nitrogens with zero attached hydrogens (tertiary/aromatic N) is 3. The van der Waals surface area contributed by atoms with Crippen LogP contribution in [0.3, 0.4) is 0 Å². The SMILES string of the molecule is CC1=C(C(=O)N(C)C)C(c2cccc(Cl)c2)n2c(nc3ccccc32)N1. The van der Waals surface area contributed by atoms with E-state index in [1.54, 1.807) is 19.0 Å². The zero-order valence-corrected chi connectivity index (χ0v) is 15.6. The molecule has 5 nitrogen and oxygen atoms in total. The Hall–Kier alpha value is -2.79. The number of benzene rings is 2. The molecule has 2 aromatic carbocycles. The first kappa shape index (κ1) is 16.7. The summed E-state index contributed by atoms with van der Waals surface area (Å²) in [7, 11) is 3.53. The standard InChI is InChI=1S/C20H19ClN4O/c1-12-17(19(26)24(2)3)18(13-7-6-8-14(21)11-13)25-16-10-5-4-9-15(16)23-20(25)22-12/h4-11,18H,1-3H3,(H,22,23). The first-order chi connectivity index (χ1) is 12.5. The number of allylic oxidation sites excluding steroid dienone is 1. The van der Waals surface area contributed by atoms with Crippen molar-refractivity contribution in [2.75, 3.05) is 19.4 Å². The van der Waals surface area contributed by atoms with E-state index in [4.69, 9.17) is 16.6 Å². The smallest absolute Gasteiger partial charge is 0.253 e. The summed E-state index contributed by atoms with van der Waals surface area (Å²) in [4.78, 5) is 19.3. The lowest BCUT2D eigenvalue weighted by molar-refractivity contribution is -0.125. The normalized spacial score (nSPS) is 16.4. The Morgan fingerprint density at radius 2 is 1.96 bits per heavy atom. The molecule has 1 amide bonds. The van der Waals surface area contributed by atoms with Crippen molar-refractivity contribution in [3.05, 3.63) is 70.4 Å². The fourth-order valence-corrected chi connectivity index (χ4v) is 3.67. The number of halogens is 1. The highest BCUT2D eigenvalue weighted by molar-refractivity contribution is 6.30. The van der Waals surface area contributed by atoms with Crippen LogP contribution in [-0.2, 0) is 4.79 Å². The molecule has 0 bridgehead atoms. The fraction of sp³-hybridized carbons (Fsp3) is 0.200. The van der Waals surface area contributed by atoms with E-state index >= 15 is 0 Å². The number of likely N-dealkylation sites (N-methyl/N-ethyl adjacent to an activating group) is 1. The number of fused-ring (bicyclic) bond motifs is 3. The number of carbonyl (C=O) groups excluding carboxylic acids is 1. The van der Waals surface area contributed by atoms with Gasteiger partial charge in [-0.3, -0.25) is 9.36 Å². The molecule has 1 aliphatic heterocycles. The molecule has 0 aliphatic carbocycles. The summed E-state index contributed by atoms with van der Waals surface area (Å²) in [5.41, 5.74) is 4.29. The van der Waals surface area contributed by atoms with Crippen LogP contribution in [0, 0.1) is 0 Å². The minimum absolute atomic E-state index is 0.0385. The third-order valence-electron chi connectivity index (χ3n) is 4.63. The molecule has 0 saturated carbocycles. The molecule has 26 heavy (non-hydrogen) atoms. The lowest BCUT2D eigenvalue weighted by Crippen LogP contribution is -2.34. The maximum Gasteiger partial charge on any atom is 0.253 e. The van der Waals surface area contributed by atoms with Crippen LogP contribution >= 0.6 is 11.6 Å². The van der Waals surface area contributed by atoms with Gasteiger partial charge in [0.2, 0.25) is 5.95 Å². The largest absolute Gasteiger partial charge is 0.345 e. The summed E-state index contributed by atoms with van der Waals surface area (Å²) in [6.45, 7) is 1.91. The van der Waals surface area contributed by atoms with Crippen LogP contribution < -0.4 is 5.32 Å². The Balaban J connectivity index is 2.02. The predicted octanol–water partition coefficient (Wildman–Crippen LogP) is 4.07. The Kier molecular flexibility index (Phi) is 3.96. The number of amides is 1. The number of aromatic nitrogens is 2. The molecular formula is C20H19ClN4O. The molecule has 0 fully saturated rings. The molecule has 0 radical (unpaired) electrons. The maximum absolute atomic E-state index is 13.0. The van der Waals surface area contributed by atoms with Crippen molar-refractivity contribution in [3.8, 4) is 0 Å². The van der Waals surface area contributed by atoms with E-state index in [2.05, 4.69) is 9.88 Å².